The molecule has 0 aliphatic carbocycles. The molecule has 0 unspecified atom stereocenters. The summed E-state index contributed by atoms with van der Waals surface area (Å²) in [4.78, 5) is 52.5. The molecule has 9 nitrogen and oxygen atoms in total. The van der Waals surface area contributed by atoms with E-state index in [1.807, 2.05) is 9.88 Å². The molecule has 21 heavy (non-hydrogen) atoms. The average Bonchev–Trinajstić information content (AvgIpc) is 2.32. The predicted octanol–water partition coefficient (Wildman–Crippen LogP) is -1.92. The van der Waals surface area contributed by atoms with Crippen molar-refractivity contribution < 1.29 is 14.7 Å². The number of carbonyl (C=O) groups excluding carboxylic acids is 1. The summed E-state index contributed by atoms with van der Waals surface area (Å²) in [6.45, 7) is 0.316. The zero-order chi connectivity index (χ0) is 16.0. The van der Waals surface area contributed by atoms with Gasteiger partial charge in [-0.05, 0) is 14.1 Å². The summed E-state index contributed by atoms with van der Waals surface area (Å²) in [6.07, 6.45) is -0.236. The van der Waals surface area contributed by atoms with Crippen LogP contribution >= 0.6 is 0 Å². The van der Waals surface area contributed by atoms with Crippen LogP contribution in [-0.4, -0.2) is 70.5 Å². The second-order valence-corrected chi connectivity index (χ2v) is 4.80. The van der Waals surface area contributed by atoms with Gasteiger partial charge in [0.15, 0.2) is 0 Å². The van der Waals surface area contributed by atoms with Crippen LogP contribution in [0, 0.1) is 0 Å². The number of aromatic amines is 2. The maximum absolute atomic E-state index is 12.1. The lowest BCUT2D eigenvalue weighted by Gasteiger charge is -2.22. The standard InChI is InChI=1S/C12H18N4O5/c1-15(2)3-4-16(7-11(19)20)10(18)6-8-5-9(17)14-12(21)13-8/h5H,3-4,6-7H2,1-2H3,(H,19,20)(H2,13,14,17,21). The van der Waals surface area contributed by atoms with Crippen molar-refractivity contribution in [1.82, 2.24) is 19.8 Å². The summed E-state index contributed by atoms with van der Waals surface area (Å²) in [5.41, 5.74) is -1.17. The van der Waals surface area contributed by atoms with Gasteiger partial charge in [0.25, 0.3) is 5.56 Å². The molecule has 0 spiro atoms. The van der Waals surface area contributed by atoms with Crippen molar-refractivity contribution in [3.05, 3.63) is 32.6 Å². The Labute approximate surface area is 120 Å². The molecule has 1 amide bonds. The molecule has 1 heterocycles. The van der Waals surface area contributed by atoms with Gasteiger partial charge in [-0.25, -0.2) is 4.79 Å². The Morgan fingerprint density at radius 1 is 1.19 bits per heavy atom. The Morgan fingerprint density at radius 3 is 2.38 bits per heavy atom. The van der Waals surface area contributed by atoms with E-state index in [-0.39, 0.29) is 18.7 Å². The average molecular weight is 298 g/mol. The predicted molar refractivity (Wildman–Crippen MR) is 74.2 cm³/mol. The fraction of sp³-hybridized carbons (Fsp3) is 0.500. The highest BCUT2D eigenvalue weighted by Crippen LogP contribution is 1.98. The Kier molecular flexibility index (Phi) is 5.85. The number of aliphatic carboxylic acids is 1. The van der Waals surface area contributed by atoms with E-state index in [0.29, 0.717) is 6.54 Å². The van der Waals surface area contributed by atoms with Gasteiger partial charge in [-0.1, -0.05) is 0 Å². The number of hydrogen-bond donors (Lipinski definition) is 3. The second-order valence-electron chi connectivity index (χ2n) is 4.80. The molecule has 0 radical (unpaired) electrons. The molecule has 1 rings (SSSR count). The molecular weight excluding hydrogens is 280 g/mol. The van der Waals surface area contributed by atoms with E-state index in [1.54, 1.807) is 14.1 Å². The van der Waals surface area contributed by atoms with E-state index in [2.05, 4.69) is 4.98 Å². The van der Waals surface area contributed by atoms with Crippen molar-refractivity contribution >= 4 is 11.9 Å². The number of amides is 1. The number of carboxylic acids is 1. The number of carboxylic acid groups (broad SMARTS) is 1. The summed E-state index contributed by atoms with van der Waals surface area (Å²) in [6, 6.07) is 1.10. The van der Waals surface area contributed by atoms with Gasteiger partial charge in [-0.2, -0.15) is 0 Å². The van der Waals surface area contributed by atoms with Crippen LogP contribution in [0.1, 0.15) is 5.69 Å². The van der Waals surface area contributed by atoms with Crippen LogP contribution in [0.25, 0.3) is 0 Å². The molecule has 0 aromatic carbocycles. The Balaban J connectivity index is 2.81. The van der Waals surface area contributed by atoms with Gasteiger partial charge in [0.2, 0.25) is 5.91 Å². The van der Waals surface area contributed by atoms with E-state index in [1.165, 1.54) is 4.90 Å². The van der Waals surface area contributed by atoms with E-state index >= 15 is 0 Å². The summed E-state index contributed by atoms with van der Waals surface area (Å²) in [5, 5.41) is 8.83. The third-order valence-electron chi connectivity index (χ3n) is 2.65. The first-order valence-electron chi connectivity index (χ1n) is 6.24. The van der Waals surface area contributed by atoms with Crippen LogP contribution in [0.2, 0.25) is 0 Å². The van der Waals surface area contributed by atoms with Crippen molar-refractivity contribution in [2.45, 2.75) is 6.42 Å². The topological polar surface area (TPSA) is 127 Å². The second kappa shape index (κ2) is 7.39. The molecule has 116 valence electrons. The lowest BCUT2D eigenvalue weighted by atomic mass is 10.2. The third kappa shape index (κ3) is 6.04. The molecule has 0 saturated carbocycles. The van der Waals surface area contributed by atoms with Crippen LogP contribution in [-0.2, 0) is 16.0 Å². The quantitative estimate of drug-likeness (QED) is 0.538. The number of rotatable bonds is 7. The monoisotopic (exact) mass is 298 g/mol. The zero-order valence-electron chi connectivity index (χ0n) is 11.9. The zero-order valence-corrected chi connectivity index (χ0v) is 11.9. The van der Waals surface area contributed by atoms with Gasteiger partial charge < -0.3 is 19.9 Å². The molecule has 3 N–H and O–H groups in total. The van der Waals surface area contributed by atoms with Crippen molar-refractivity contribution in [2.24, 2.45) is 0 Å². The molecule has 0 saturated heterocycles. The van der Waals surface area contributed by atoms with Gasteiger partial charge >= 0.3 is 11.7 Å². The van der Waals surface area contributed by atoms with Gasteiger partial charge in [0.05, 0.1) is 6.42 Å². The van der Waals surface area contributed by atoms with Crippen molar-refractivity contribution in [3.63, 3.8) is 0 Å². The van der Waals surface area contributed by atoms with Crippen molar-refractivity contribution in [2.75, 3.05) is 33.7 Å². The van der Waals surface area contributed by atoms with Crippen LogP contribution in [0.5, 0.6) is 0 Å². The Bertz CT molecular complexity index is 590. The minimum absolute atomic E-state index is 0.147. The molecule has 0 atom stereocenters. The normalized spacial score (nSPS) is 10.6. The first kappa shape index (κ1) is 16.6. The largest absolute Gasteiger partial charge is 0.480 e. The first-order chi connectivity index (χ1) is 9.77. The van der Waals surface area contributed by atoms with Gasteiger partial charge in [-0.3, -0.25) is 19.4 Å². The molecule has 1 aromatic heterocycles. The highest BCUT2D eigenvalue weighted by atomic mass is 16.4. The molecular formula is C12H18N4O5. The summed E-state index contributed by atoms with van der Waals surface area (Å²) < 4.78 is 0. The lowest BCUT2D eigenvalue weighted by Crippen LogP contribution is -2.41. The number of likely N-dealkylation sites (N-methyl/N-ethyl adjacent to an activating group) is 1. The van der Waals surface area contributed by atoms with E-state index < -0.39 is 29.7 Å². The number of nitrogens with zero attached hydrogens (tertiary/aromatic N) is 2. The fourth-order valence-corrected chi connectivity index (χ4v) is 1.67. The maximum Gasteiger partial charge on any atom is 0.325 e. The highest BCUT2D eigenvalue weighted by Gasteiger charge is 2.17. The fourth-order valence-electron chi connectivity index (χ4n) is 1.67. The van der Waals surface area contributed by atoms with Crippen LogP contribution in [0.3, 0.4) is 0 Å². The number of hydrogen-bond acceptors (Lipinski definition) is 5. The number of carbonyl (C=O) groups is 2. The Morgan fingerprint density at radius 2 is 1.86 bits per heavy atom. The summed E-state index contributed by atoms with van der Waals surface area (Å²) in [5.74, 6) is -1.60. The smallest absolute Gasteiger partial charge is 0.325 e. The van der Waals surface area contributed by atoms with Gasteiger partial charge in [0.1, 0.15) is 6.54 Å². The van der Waals surface area contributed by atoms with E-state index in [9.17, 15) is 19.2 Å². The molecule has 1 aromatic rings. The van der Waals surface area contributed by atoms with E-state index in [0.717, 1.165) is 6.07 Å². The molecule has 0 aliphatic rings. The Hall–Kier alpha value is -2.42. The summed E-state index contributed by atoms with van der Waals surface area (Å²) in [7, 11) is 3.61. The SMILES string of the molecule is CN(C)CCN(CC(=O)O)C(=O)Cc1cc(=O)[nH]c(=O)[nH]1. The van der Waals surface area contributed by atoms with Crippen LogP contribution < -0.4 is 11.2 Å². The van der Waals surface area contributed by atoms with Crippen LogP contribution in [0.4, 0.5) is 0 Å². The lowest BCUT2D eigenvalue weighted by molar-refractivity contribution is -0.144. The molecule has 0 bridgehead atoms. The summed E-state index contributed by atoms with van der Waals surface area (Å²) >= 11 is 0. The molecule has 0 aliphatic heterocycles. The number of nitrogens with one attached hydrogen (secondary N) is 2. The maximum atomic E-state index is 12.1. The highest BCUT2D eigenvalue weighted by molar-refractivity contribution is 5.82. The first-order valence-corrected chi connectivity index (χ1v) is 6.24. The van der Waals surface area contributed by atoms with Crippen molar-refractivity contribution in [1.29, 1.82) is 0 Å². The van der Waals surface area contributed by atoms with E-state index in [4.69, 9.17) is 5.11 Å². The third-order valence-corrected chi connectivity index (χ3v) is 2.65. The van der Waals surface area contributed by atoms with Crippen LogP contribution in [0.15, 0.2) is 15.7 Å². The molecule has 0 fully saturated rings. The molecule has 9 heteroatoms. The van der Waals surface area contributed by atoms with Gasteiger partial charge in [0, 0.05) is 24.8 Å². The number of aromatic nitrogens is 2. The number of H-pyrrole nitrogens is 2. The van der Waals surface area contributed by atoms with Gasteiger partial charge in [-0.15, -0.1) is 0 Å². The van der Waals surface area contributed by atoms with Crippen molar-refractivity contribution in [3.8, 4) is 0 Å². The minimum atomic E-state index is -1.12. The minimum Gasteiger partial charge on any atom is -0.480 e.